The van der Waals surface area contributed by atoms with Gasteiger partial charge in [0, 0.05) is 12.8 Å². The van der Waals surface area contributed by atoms with Gasteiger partial charge in [0.25, 0.3) is 7.82 Å². The van der Waals surface area contributed by atoms with E-state index in [-0.39, 0.29) is 26.1 Å². The number of esters is 2. The molecule has 0 aliphatic rings. The molecule has 0 saturated heterocycles. The first kappa shape index (κ1) is 56.4. The maximum atomic E-state index is 12.7. The van der Waals surface area contributed by atoms with Crippen LogP contribution in [0.4, 0.5) is 0 Å². The van der Waals surface area contributed by atoms with E-state index in [1.807, 2.05) is 33.3 Å². The number of ether oxygens (including phenoxy) is 2. The monoisotopic (exact) mass is 854 g/mol. The molecule has 0 amide bonds. The summed E-state index contributed by atoms with van der Waals surface area (Å²) in [6, 6.07) is 0. The van der Waals surface area contributed by atoms with Crippen LogP contribution in [-0.4, -0.2) is 70.0 Å². The molecule has 0 aliphatic carbocycles. The fourth-order valence-corrected chi connectivity index (χ4v) is 5.81. The van der Waals surface area contributed by atoms with Gasteiger partial charge in [-0.1, -0.05) is 148 Å². The Morgan fingerprint density at radius 2 is 0.933 bits per heavy atom. The van der Waals surface area contributed by atoms with Crippen LogP contribution in [0.5, 0.6) is 0 Å². The van der Waals surface area contributed by atoms with E-state index in [2.05, 4.69) is 123 Å². The van der Waals surface area contributed by atoms with E-state index in [0.717, 1.165) is 89.9 Å². The predicted octanol–water partition coefficient (Wildman–Crippen LogP) is 12.3. The number of carbonyl (C=O) groups excluding carboxylic acids is 2. The van der Waals surface area contributed by atoms with Gasteiger partial charge in [0.15, 0.2) is 6.10 Å². The Balaban J connectivity index is 4.55. The second kappa shape index (κ2) is 40.8. The van der Waals surface area contributed by atoms with E-state index in [1.165, 1.54) is 0 Å². The Morgan fingerprint density at radius 3 is 1.38 bits per heavy atom. The zero-order valence-corrected chi connectivity index (χ0v) is 38.7. The number of unbranched alkanes of at least 4 members (excludes halogenated alkanes) is 4. The van der Waals surface area contributed by atoms with Crippen LogP contribution in [0.3, 0.4) is 0 Å². The minimum atomic E-state index is -4.66. The van der Waals surface area contributed by atoms with Crippen LogP contribution in [-0.2, 0) is 32.7 Å². The zero-order valence-electron chi connectivity index (χ0n) is 37.8. The summed E-state index contributed by atoms with van der Waals surface area (Å²) in [5.41, 5.74) is 0. The third-order valence-electron chi connectivity index (χ3n) is 8.49. The normalized spacial score (nSPS) is 14.7. The van der Waals surface area contributed by atoms with Crippen molar-refractivity contribution in [2.24, 2.45) is 0 Å². The molecule has 0 heterocycles. The average molecular weight is 854 g/mol. The van der Waals surface area contributed by atoms with Gasteiger partial charge in [-0.3, -0.25) is 14.2 Å². The number of quaternary nitrogens is 1. The number of hydrogen-bond acceptors (Lipinski definition) is 8. The van der Waals surface area contributed by atoms with Gasteiger partial charge >= 0.3 is 11.9 Å². The molecule has 0 spiro atoms. The maximum Gasteiger partial charge on any atom is 0.306 e. The molecule has 0 fully saturated rings. The molecule has 9 nitrogen and oxygen atoms in total. The van der Waals surface area contributed by atoms with Crippen molar-refractivity contribution < 1.29 is 42.1 Å². The molecule has 0 N–H and O–H groups in total. The van der Waals surface area contributed by atoms with Crippen LogP contribution in [0.15, 0.2) is 122 Å². The topological polar surface area (TPSA) is 111 Å². The van der Waals surface area contributed by atoms with E-state index in [0.29, 0.717) is 23.9 Å². The van der Waals surface area contributed by atoms with E-state index < -0.39 is 32.5 Å². The van der Waals surface area contributed by atoms with Crippen molar-refractivity contribution in [3.8, 4) is 0 Å². The third kappa shape index (κ3) is 44.0. The standard InChI is InChI=1S/C50H80NO8P/c1-6-8-10-12-14-16-18-20-22-24-25-27-28-30-32-34-36-38-40-42-49(52)56-46-48(47-58-60(54,55)57-45-44-51(3,4)5)59-50(53)43-41-39-37-35-33-31-29-26-23-21-19-17-15-13-11-9-7-2/h8-11,14-17,20-23,25,27,29-32,36,38,48H,6-7,12-13,18-19,24,26,28,33-35,37,39-47H2,1-5H3/b10-8-,11-9-,16-14-,17-15-,22-20-,23-21-,27-25-,31-29-,32-30-,38-36-/t48-/m1/s1. The lowest BCUT2D eigenvalue weighted by molar-refractivity contribution is -0.870. The lowest BCUT2D eigenvalue weighted by Crippen LogP contribution is -2.37. The SMILES string of the molecule is CC/C=C\C/C=C\C/C=C\C/C=C\C/C=C\C/C=C\CCC(=O)OC[C@H](COP(=O)([O-])OCC[N+](C)(C)C)OC(=O)CCCCCC/C=C\C/C=C\C/C=C\C/C=C\CC. The van der Waals surface area contributed by atoms with Crippen LogP contribution in [0.25, 0.3) is 0 Å². The van der Waals surface area contributed by atoms with Gasteiger partial charge < -0.3 is 27.9 Å². The maximum absolute atomic E-state index is 12.7. The Labute approximate surface area is 365 Å². The predicted molar refractivity (Wildman–Crippen MR) is 249 cm³/mol. The number of allylic oxidation sites excluding steroid dienone is 20. The molecule has 0 radical (unpaired) electrons. The number of phosphoric ester groups is 1. The van der Waals surface area contributed by atoms with Crippen molar-refractivity contribution in [3.63, 3.8) is 0 Å². The van der Waals surface area contributed by atoms with Gasteiger partial charge in [-0.2, -0.15) is 0 Å². The molecular formula is C50H80NO8P. The highest BCUT2D eigenvalue weighted by Gasteiger charge is 2.21. The van der Waals surface area contributed by atoms with Crippen LogP contribution < -0.4 is 4.89 Å². The molecule has 2 atom stereocenters. The van der Waals surface area contributed by atoms with Gasteiger partial charge in [0.05, 0.1) is 27.7 Å². The lowest BCUT2D eigenvalue weighted by Gasteiger charge is -2.28. The van der Waals surface area contributed by atoms with Crippen molar-refractivity contribution in [2.75, 3.05) is 47.5 Å². The fraction of sp³-hybridized carbons (Fsp3) is 0.560. The van der Waals surface area contributed by atoms with Crippen molar-refractivity contribution in [2.45, 2.75) is 136 Å². The van der Waals surface area contributed by atoms with Gasteiger partial charge in [-0.25, -0.2) is 0 Å². The molecule has 60 heavy (non-hydrogen) atoms. The average Bonchev–Trinajstić information content (AvgIpc) is 3.20. The number of likely N-dealkylation sites (N-methyl/N-ethyl adjacent to an activating group) is 1. The quantitative estimate of drug-likeness (QED) is 0.0198. The number of rotatable bonds is 38. The van der Waals surface area contributed by atoms with E-state index in [1.54, 1.807) is 0 Å². The number of phosphoric acid groups is 1. The Morgan fingerprint density at radius 1 is 0.517 bits per heavy atom. The van der Waals surface area contributed by atoms with Crippen molar-refractivity contribution in [3.05, 3.63) is 122 Å². The molecule has 0 saturated carbocycles. The molecule has 0 rings (SSSR count). The number of nitrogens with zero attached hydrogens (tertiary/aromatic N) is 1. The summed E-state index contributed by atoms with van der Waals surface area (Å²) in [5.74, 6) is -0.975. The molecule has 0 bridgehead atoms. The first-order valence-corrected chi connectivity index (χ1v) is 23.7. The van der Waals surface area contributed by atoms with E-state index in [4.69, 9.17) is 18.5 Å². The van der Waals surface area contributed by atoms with E-state index >= 15 is 0 Å². The Hall–Kier alpha value is -3.59. The number of carbonyl (C=O) groups is 2. The zero-order chi connectivity index (χ0) is 44.3. The highest BCUT2D eigenvalue weighted by molar-refractivity contribution is 7.45. The molecule has 1 unspecified atom stereocenters. The van der Waals surface area contributed by atoms with Crippen molar-refractivity contribution in [1.82, 2.24) is 0 Å². The Bertz CT molecular complexity index is 1430. The van der Waals surface area contributed by atoms with Crippen molar-refractivity contribution >= 4 is 19.8 Å². The third-order valence-corrected chi connectivity index (χ3v) is 9.45. The highest BCUT2D eigenvalue weighted by Crippen LogP contribution is 2.38. The minimum absolute atomic E-state index is 0.0550. The number of hydrogen-bond donors (Lipinski definition) is 0. The van der Waals surface area contributed by atoms with Crippen LogP contribution in [0.1, 0.15) is 129 Å². The molecule has 10 heteroatoms. The summed E-state index contributed by atoms with van der Waals surface area (Å²) in [6.07, 6.45) is 56.7. The largest absolute Gasteiger partial charge is 0.756 e. The Kier molecular flexibility index (Phi) is 38.4. The fourth-order valence-electron chi connectivity index (χ4n) is 5.08. The van der Waals surface area contributed by atoms with Gasteiger partial charge in [-0.15, -0.1) is 0 Å². The molecule has 0 aromatic heterocycles. The van der Waals surface area contributed by atoms with Crippen LogP contribution in [0, 0.1) is 0 Å². The summed E-state index contributed by atoms with van der Waals surface area (Å²) in [6.45, 7) is 3.84. The molecule has 338 valence electrons. The minimum Gasteiger partial charge on any atom is -0.756 e. The van der Waals surface area contributed by atoms with Crippen LogP contribution >= 0.6 is 7.82 Å². The molecule has 0 aliphatic heterocycles. The van der Waals surface area contributed by atoms with Gasteiger partial charge in [0.2, 0.25) is 0 Å². The van der Waals surface area contributed by atoms with Gasteiger partial charge in [-0.05, 0) is 89.9 Å². The van der Waals surface area contributed by atoms with E-state index in [9.17, 15) is 19.0 Å². The second-order valence-electron chi connectivity index (χ2n) is 15.3. The summed E-state index contributed by atoms with van der Waals surface area (Å²) in [4.78, 5) is 37.5. The summed E-state index contributed by atoms with van der Waals surface area (Å²) in [5, 5.41) is 0. The molecule has 0 aromatic carbocycles. The van der Waals surface area contributed by atoms with Crippen LogP contribution in [0.2, 0.25) is 0 Å². The summed E-state index contributed by atoms with van der Waals surface area (Å²) >= 11 is 0. The van der Waals surface area contributed by atoms with Gasteiger partial charge in [0.1, 0.15) is 19.8 Å². The van der Waals surface area contributed by atoms with Crippen molar-refractivity contribution in [1.29, 1.82) is 0 Å². The second-order valence-corrected chi connectivity index (χ2v) is 16.7. The highest BCUT2D eigenvalue weighted by atomic mass is 31.2. The first-order chi connectivity index (χ1) is 29.0. The molecule has 0 aromatic rings. The summed E-state index contributed by atoms with van der Waals surface area (Å²) < 4.78 is 33.8. The lowest BCUT2D eigenvalue weighted by atomic mass is 10.1. The summed E-state index contributed by atoms with van der Waals surface area (Å²) in [7, 11) is 1.08. The first-order valence-electron chi connectivity index (χ1n) is 22.2. The molecular weight excluding hydrogens is 774 g/mol. The smallest absolute Gasteiger partial charge is 0.306 e.